The van der Waals surface area contributed by atoms with E-state index in [1.54, 1.807) is 27.7 Å². The SMILES string of the molecule is Cn1nccc1CNC(=O)c1cnc(-c2ccc3cc(C#N)cnn23)cc1NC12CCC(O)(CC1)CC2. The molecule has 3 N–H and O–H groups in total. The molecule has 3 aliphatic carbocycles. The number of aliphatic hydroxyl groups is 1. The number of anilines is 1. The van der Waals surface area contributed by atoms with Gasteiger partial charge in [-0.3, -0.25) is 14.5 Å². The number of rotatable bonds is 6. The number of nitriles is 1. The lowest BCUT2D eigenvalue weighted by molar-refractivity contribution is -0.0580. The van der Waals surface area contributed by atoms with E-state index in [4.69, 9.17) is 0 Å². The molecule has 0 atom stereocenters. The summed E-state index contributed by atoms with van der Waals surface area (Å²) in [5.74, 6) is -0.223. The molecule has 188 valence electrons. The van der Waals surface area contributed by atoms with Crippen molar-refractivity contribution in [3.05, 3.63) is 65.7 Å². The number of aryl methyl sites for hydroxylation is 1. The van der Waals surface area contributed by atoms with Crippen molar-refractivity contribution in [1.82, 2.24) is 29.7 Å². The molecule has 3 aliphatic rings. The maximum absolute atomic E-state index is 13.3. The quantitative estimate of drug-likeness (QED) is 0.373. The molecule has 4 heterocycles. The third-order valence-corrected chi connectivity index (χ3v) is 8.00. The van der Waals surface area contributed by atoms with E-state index in [0.29, 0.717) is 29.1 Å². The summed E-state index contributed by atoms with van der Waals surface area (Å²) < 4.78 is 3.47. The molecular formula is C27H28N8O2. The van der Waals surface area contributed by atoms with Crippen molar-refractivity contribution in [3.63, 3.8) is 0 Å². The van der Waals surface area contributed by atoms with E-state index in [0.717, 1.165) is 55.4 Å². The summed E-state index contributed by atoms with van der Waals surface area (Å²) in [6.07, 6.45) is 9.67. The lowest BCUT2D eigenvalue weighted by Crippen LogP contribution is -2.54. The summed E-state index contributed by atoms with van der Waals surface area (Å²) in [5.41, 5.74) is 4.08. The van der Waals surface area contributed by atoms with E-state index in [9.17, 15) is 15.2 Å². The molecule has 2 bridgehead atoms. The Kier molecular flexibility index (Phi) is 5.46. The molecule has 0 saturated heterocycles. The Morgan fingerprint density at radius 2 is 1.89 bits per heavy atom. The largest absolute Gasteiger partial charge is 0.390 e. The van der Waals surface area contributed by atoms with Crippen LogP contribution in [0.25, 0.3) is 16.9 Å². The van der Waals surface area contributed by atoms with Crippen molar-refractivity contribution >= 4 is 17.1 Å². The Morgan fingerprint density at radius 1 is 1.11 bits per heavy atom. The van der Waals surface area contributed by atoms with Gasteiger partial charge in [-0.1, -0.05) is 0 Å². The van der Waals surface area contributed by atoms with Gasteiger partial charge in [-0.2, -0.15) is 15.5 Å². The molecular weight excluding hydrogens is 468 g/mol. The van der Waals surface area contributed by atoms with E-state index < -0.39 is 5.60 Å². The Hall–Kier alpha value is -4.23. The smallest absolute Gasteiger partial charge is 0.255 e. The van der Waals surface area contributed by atoms with Crippen LogP contribution in [0.3, 0.4) is 0 Å². The second-order valence-electron chi connectivity index (χ2n) is 10.3. The second-order valence-corrected chi connectivity index (χ2v) is 10.3. The fourth-order valence-electron chi connectivity index (χ4n) is 5.61. The zero-order valence-electron chi connectivity index (χ0n) is 20.6. The van der Waals surface area contributed by atoms with E-state index in [2.05, 4.69) is 31.9 Å². The number of aromatic nitrogens is 5. The van der Waals surface area contributed by atoms with Gasteiger partial charge in [-0.25, -0.2) is 4.52 Å². The summed E-state index contributed by atoms with van der Waals surface area (Å²) in [6.45, 7) is 0.350. The Morgan fingerprint density at radius 3 is 2.59 bits per heavy atom. The molecule has 0 aliphatic heterocycles. The molecule has 4 aromatic heterocycles. The van der Waals surface area contributed by atoms with Crippen LogP contribution in [0.4, 0.5) is 5.69 Å². The van der Waals surface area contributed by atoms with Gasteiger partial charge in [0.2, 0.25) is 0 Å². The van der Waals surface area contributed by atoms with Gasteiger partial charge in [0, 0.05) is 25.0 Å². The molecule has 4 aromatic rings. The normalized spacial score (nSPS) is 22.6. The molecule has 10 heteroatoms. The highest BCUT2D eigenvalue weighted by Crippen LogP contribution is 2.48. The molecule has 0 spiro atoms. The molecule has 7 rings (SSSR count). The molecule has 3 saturated carbocycles. The van der Waals surface area contributed by atoms with E-state index in [1.807, 2.05) is 31.3 Å². The molecule has 0 radical (unpaired) electrons. The first kappa shape index (κ1) is 23.2. The fourth-order valence-corrected chi connectivity index (χ4v) is 5.61. The number of nitrogens with one attached hydrogen (secondary N) is 2. The minimum Gasteiger partial charge on any atom is -0.390 e. The van der Waals surface area contributed by atoms with Gasteiger partial charge < -0.3 is 15.7 Å². The number of carbonyl (C=O) groups excluding carboxylic acids is 1. The van der Waals surface area contributed by atoms with Crippen LogP contribution in [0.15, 0.2) is 48.9 Å². The van der Waals surface area contributed by atoms with Gasteiger partial charge in [-0.05, 0) is 68.9 Å². The first-order valence-electron chi connectivity index (χ1n) is 12.5. The fraction of sp³-hybridized carbons (Fsp3) is 0.370. The molecule has 0 aromatic carbocycles. The van der Waals surface area contributed by atoms with Crippen LogP contribution in [0.1, 0.15) is 60.1 Å². The maximum atomic E-state index is 13.3. The number of fused-ring (bicyclic) bond motifs is 4. The topological polar surface area (TPSA) is 133 Å². The summed E-state index contributed by atoms with van der Waals surface area (Å²) >= 11 is 0. The predicted molar refractivity (Wildman–Crippen MR) is 137 cm³/mol. The summed E-state index contributed by atoms with van der Waals surface area (Å²) in [4.78, 5) is 18.0. The van der Waals surface area contributed by atoms with Gasteiger partial charge in [0.25, 0.3) is 5.91 Å². The zero-order valence-corrected chi connectivity index (χ0v) is 20.6. The third kappa shape index (κ3) is 4.21. The number of hydrogen-bond donors (Lipinski definition) is 3. The second kappa shape index (κ2) is 8.71. The number of hydrogen-bond acceptors (Lipinski definition) is 7. The molecule has 3 fully saturated rings. The lowest BCUT2D eigenvalue weighted by atomic mass is 9.63. The van der Waals surface area contributed by atoms with Gasteiger partial charge in [0.15, 0.2) is 0 Å². The lowest BCUT2D eigenvalue weighted by Gasteiger charge is -2.51. The molecule has 10 nitrogen and oxygen atoms in total. The highest BCUT2D eigenvalue weighted by atomic mass is 16.3. The zero-order chi connectivity index (χ0) is 25.6. The van der Waals surface area contributed by atoms with Crippen molar-refractivity contribution in [2.24, 2.45) is 7.05 Å². The molecule has 1 amide bonds. The van der Waals surface area contributed by atoms with Gasteiger partial charge >= 0.3 is 0 Å². The Bertz CT molecular complexity index is 1520. The molecule has 37 heavy (non-hydrogen) atoms. The van der Waals surface area contributed by atoms with Crippen molar-refractivity contribution in [2.75, 3.05) is 5.32 Å². The number of amides is 1. The summed E-state index contributed by atoms with van der Waals surface area (Å²) in [6, 6.07) is 11.5. The van der Waals surface area contributed by atoms with Crippen molar-refractivity contribution in [3.8, 4) is 17.5 Å². The van der Waals surface area contributed by atoms with Crippen LogP contribution >= 0.6 is 0 Å². The van der Waals surface area contributed by atoms with Crippen LogP contribution in [-0.2, 0) is 13.6 Å². The van der Waals surface area contributed by atoms with E-state index >= 15 is 0 Å². The third-order valence-electron chi connectivity index (χ3n) is 8.00. The van der Waals surface area contributed by atoms with Crippen LogP contribution in [0, 0.1) is 11.3 Å². The van der Waals surface area contributed by atoms with Gasteiger partial charge in [0.1, 0.15) is 6.07 Å². The van der Waals surface area contributed by atoms with Gasteiger partial charge in [0.05, 0.1) is 57.8 Å². The minimum atomic E-state index is -0.547. The number of nitrogens with zero attached hydrogens (tertiary/aromatic N) is 6. The highest BCUT2D eigenvalue weighted by Gasteiger charge is 2.48. The average Bonchev–Trinajstić information content (AvgIpc) is 3.53. The standard InChI is InChI=1S/C27H28N8O2/c1-34-20(4-11-31-34)16-30-25(36)21-17-29-23(24-3-2-19-12-18(14-28)15-32-35(19)24)13-22(21)33-26-5-8-27(37,9-6-26)10-7-26/h2-4,11-13,15,17,37H,5-10,16H2,1H3,(H,29,33)(H,30,36). The minimum absolute atomic E-state index is 0.165. The first-order chi connectivity index (χ1) is 17.9. The Balaban J connectivity index is 1.35. The predicted octanol–water partition coefficient (Wildman–Crippen LogP) is 3.18. The van der Waals surface area contributed by atoms with Crippen LogP contribution in [0.2, 0.25) is 0 Å². The number of carbonyl (C=O) groups is 1. The van der Waals surface area contributed by atoms with Crippen LogP contribution in [0.5, 0.6) is 0 Å². The summed E-state index contributed by atoms with van der Waals surface area (Å²) in [7, 11) is 1.84. The van der Waals surface area contributed by atoms with E-state index in [1.165, 1.54) is 6.20 Å². The van der Waals surface area contributed by atoms with Crippen molar-refractivity contribution < 1.29 is 9.90 Å². The van der Waals surface area contributed by atoms with Crippen LogP contribution < -0.4 is 10.6 Å². The maximum Gasteiger partial charge on any atom is 0.255 e. The van der Waals surface area contributed by atoms with Gasteiger partial charge in [-0.15, -0.1) is 0 Å². The van der Waals surface area contributed by atoms with Crippen LogP contribution in [-0.4, -0.2) is 46.5 Å². The Labute approximate surface area is 213 Å². The first-order valence-corrected chi connectivity index (χ1v) is 12.5. The number of pyridine rings is 1. The highest BCUT2D eigenvalue weighted by molar-refractivity contribution is 6.00. The van der Waals surface area contributed by atoms with Crippen molar-refractivity contribution in [1.29, 1.82) is 5.26 Å². The summed E-state index contributed by atoms with van der Waals surface area (Å²) in [5, 5.41) is 35.2. The van der Waals surface area contributed by atoms with E-state index in [-0.39, 0.29) is 11.4 Å². The molecule has 0 unspecified atom stereocenters. The monoisotopic (exact) mass is 496 g/mol. The van der Waals surface area contributed by atoms with Crippen molar-refractivity contribution in [2.45, 2.75) is 56.2 Å². The average molecular weight is 497 g/mol.